The van der Waals surface area contributed by atoms with Gasteiger partial charge in [0.05, 0.1) is 0 Å². The zero-order valence-electron chi connectivity index (χ0n) is 18.9. The molecule has 34 heavy (non-hydrogen) atoms. The molecular weight excluding hydrogens is 575 g/mol. The summed E-state index contributed by atoms with van der Waals surface area (Å²) in [7, 11) is 0. The van der Waals surface area contributed by atoms with Crippen LogP contribution < -0.4 is 36.7 Å². The van der Waals surface area contributed by atoms with E-state index in [1.807, 2.05) is 16.7 Å². The number of amides is 1. The van der Waals surface area contributed by atoms with Crippen molar-refractivity contribution in [2.45, 2.75) is 49.4 Å². The molecule has 0 saturated heterocycles. The van der Waals surface area contributed by atoms with Gasteiger partial charge in [-0.2, -0.15) is 0 Å². The van der Waals surface area contributed by atoms with E-state index in [4.69, 9.17) is 24.9 Å². The Bertz CT molecular complexity index is 1260. The summed E-state index contributed by atoms with van der Waals surface area (Å²) >= 11 is 3.74. The zero-order chi connectivity index (χ0) is 24.5. The average Bonchev–Trinajstić information content (AvgIpc) is 3.35. The smallest absolute Gasteiger partial charge is 0.303 e. The number of esters is 1. The number of hydrogen-bond donors (Lipinski definition) is 3. The number of carbonyl (C=O) groups excluding carboxylic acids is 2. The molecule has 4 N–H and O–H groups in total. The molecule has 2 aliphatic heterocycles. The highest BCUT2D eigenvalue weighted by atomic mass is 127. The lowest BCUT2D eigenvalue weighted by Crippen LogP contribution is -2.46. The van der Waals surface area contributed by atoms with Crippen LogP contribution in [-0.2, 0) is 20.9 Å². The number of ether oxygens (including phenoxy) is 3. The lowest BCUT2D eigenvalue weighted by molar-refractivity contribution is -0.162. The van der Waals surface area contributed by atoms with Gasteiger partial charge < -0.3 is 35.1 Å². The molecule has 0 aliphatic carbocycles. The fourth-order valence-electron chi connectivity index (χ4n) is 3.46. The minimum Gasteiger partial charge on any atom is -0.454 e. The molecule has 0 radical (unpaired) electrons. The monoisotopic (exact) mass is 600 g/mol. The third-order valence-corrected chi connectivity index (χ3v) is 7.39. The van der Waals surface area contributed by atoms with Crippen LogP contribution in [0.4, 0.5) is 0 Å². The molecule has 0 unspecified atom stereocenters. The van der Waals surface area contributed by atoms with E-state index in [0.29, 0.717) is 48.6 Å². The number of nitrogens with two attached hydrogens (primary N) is 1. The third-order valence-electron chi connectivity index (χ3n) is 5.08. The number of hydrogen-bond acceptors (Lipinski definition) is 10. The van der Waals surface area contributed by atoms with Crippen LogP contribution in [0, 0.1) is 3.57 Å². The first-order valence-corrected chi connectivity index (χ1v) is 12.4. The summed E-state index contributed by atoms with van der Waals surface area (Å²) in [4.78, 5) is 33.9. The molecule has 3 heterocycles. The second-order valence-corrected chi connectivity index (χ2v) is 10.2. The Balaban J connectivity index is 1.52. The van der Waals surface area contributed by atoms with Gasteiger partial charge in [-0.15, -0.1) is 0 Å². The van der Waals surface area contributed by atoms with E-state index >= 15 is 0 Å². The maximum absolute atomic E-state index is 12.4. The van der Waals surface area contributed by atoms with Crippen LogP contribution in [0.15, 0.2) is 27.2 Å². The predicted molar refractivity (Wildman–Crippen MR) is 131 cm³/mol. The lowest BCUT2D eigenvalue weighted by atomic mass is 10.1. The summed E-state index contributed by atoms with van der Waals surface area (Å²) in [6.45, 7) is 5.90. The third kappa shape index (κ3) is 5.19. The number of rotatable bonds is 8. The van der Waals surface area contributed by atoms with Crippen molar-refractivity contribution >= 4 is 52.1 Å². The van der Waals surface area contributed by atoms with Crippen molar-refractivity contribution < 1.29 is 23.8 Å². The van der Waals surface area contributed by atoms with Gasteiger partial charge in [0.25, 0.3) is 5.91 Å². The van der Waals surface area contributed by atoms with Crippen LogP contribution in [0.25, 0.3) is 5.82 Å². The number of carbonyl (C=O) groups is 2. The van der Waals surface area contributed by atoms with Crippen molar-refractivity contribution in [2.75, 3.05) is 20.0 Å². The number of aromatic nitrogens is 2. The van der Waals surface area contributed by atoms with Gasteiger partial charge in [-0.1, -0.05) is 11.8 Å². The first-order valence-electron chi connectivity index (χ1n) is 10.6. The van der Waals surface area contributed by atoms with E-state index < -0.39 is 11.6 Å². The van der Waals surface area contributed by atoms with Crippen molar-refractivity contribution in [3.8, 4) is 11.5 Å². The number of fused-ring (bicyclic) bond motifs is 2. The number of imidazole rings is 1. The summed E-state index contributed by atoms with van der Waals surface area (Å²) in [6, 6.07) is 3.87. The normalized spacial score (nSPS) is 14.2. The van der Waals surface area contributed by atoms with Crippen molar-refractivity contribution in [3.63, 3.8) is 0 Å². The SMILES string of the molecule is CC(=O)OC(C)(C)C(=O)NCCCn1c(Sc2cc3c(cc2I)OCO3)nc2c1=NCNC=2N. The predicted octanol–water partition coefficient (Wildman–Crippen LogP) is 0.420. The maximum atomic E-state index is 12.4. The van der Waals surface area contributed by atoms with Crippen LogP contribution in [0.1, 0.15) is 27.2 Å². The molecule has 2 aliphatic rings. The number of benzene rings is 1. The fourth-order valence-corrected chi connectivity index (χ4v) is 5.17. The first-order chi connectivity index (χ1) is 16.2. The molecule has 0 atom stereocenters. The van der Waals surface area contributed by atoms with Crippen LogP contribution in [0.2, 0.25) is 0 Å². The summed E-state index contributed by atoms with van der Waals surface area (Å²) in [6.07, 6.45) is 0.610. The average molecular weight is 600 g/mol. The Morgan fingerprint density at radius 3 is 2.82 bits per heavy atom. The van der Waals surface area contributed by atoms with Gasteiger partial charge in [0.1, 0.15) is 17.8 Å². The first kappa shape index (κ1) is 24.4. The fraction of sp³-hybridized carbons (Fsp3) is 0.429. The molecule has 4 rings (SSSR count). The second-order valence-electron chi connectivity index (χ2n) is 8.08. The number of halogens is 1. The zero-order valence-corrected chi connectivity index (χ0v) is 21.9. The van der Waals surface area contributed by atoms with Crippen LogP contribution in [-0.4, -0.2) is 47.0 Å². The molecule has 1 aromatic carbocycles. The van der Waals surface area contributed by atoms with E-state index in [0.717, 1.165) is 19.4 Å². The second kappa shape index (κ2) is 9.90. The molecule has 13 heteroatoms. The highest BCUT2D eigenvalue weighted by molar-refractivity contribution is 14.1. The maximum Gasteiger partial charge on any atom is 0.303 e. The topological polar surface area (TPSA) is 142 Å². The highest BCUT2D eigenvalue weighted by Crippen LogP contribution is 2.40. The Kier molecular flexibility index (Phi) is 7.12. The molecule has 0 spiro atoms. The Morgan fingerprint density at radius 2 is 2.09 bits per heavy atom. The molecule has 0 saturated carbocycles. The van der Waals surface area contributed by atoms with Gasteiger partial charge in [-0.05, 0) is 55.0 Å². The van der Waals surface area contributed by atoms with E-state index in [9.17, 15) is 9.59 Å². The van der Waals surface area contributed by atoms with E-state index in [1.54, 1.807) is 13.8 Å². The summed E-state index contributed by atoms with van der Waals surface area (Å²) in [5, 5.41) is 7.16. The lowest BCUT2D eigenvalue weighted by Gasteiger charge is -2.23. The standard InChI is InChI=1S/C21H25IN6O5S/c1-11(29)33-21(2,3)19(30)24-5-4-6-28-18-16(17(23)25-9-26-18)27-20(28)34-15-8-14-13(7-12(15)22)31-10-32-14/h7-8,25H,4-6,9-10,23H2,1-3H3,(H,24,30). The van der Waals surface area contributed by atoms with Crippen LogP contribution in [0.3, 0.4) is 0 Å². The summed E-state index contributed by atoms with van der Waals surface area (Å²) in [5.74, 6) is 1.03. The Labute approximate surface area is 213 Å². The van der Waals surface area contributed by atoms with Crippen molar-refractivity contribution in [1.29, 1.82) is 0 Å². The molecular formula is C21H25IN6O5S. The van der Waals surface area contributed by atoms with E-state index in [1.165, 1.54) is 18.7 Å². The van der Waals surface area contributed by atoms with Gasteiger partial charge >= 0.3 is 5.97 Å². The van der Waals surface area contributed by atoms with Crippen molar-refractivity contribution in [2.24, 2.45) is 10.7 Å². The largest absolute Gasteiger partial charge is 0.454 e. The molecule has 11 nitrogen and oxygen atoms in total. The van der Waals surface area contributed by atoms with Crippen LogP contribution in [0.5, 0.6) is 11.5 Å². The van der Waals surface area contributed by atoms with E-state index in [2.05, 4.69) is 38.2 Å². The van der Waals surface area contributed by atoms with Crippen LogP contribution >= 0.6 is 34.4 Å². The van der Waals surface area contributed by atoms with Gasteiger partial charge in [-0.3, -0.25) is 9.59 Å². The molecule has 182 valence electrons. The van der Waals surface area contributed by atoms with Crippen molar-refractivity contribution in [1.82, 2.24) is 20.2 Å². The molecule has 0 bridgehead atoms. The highest BCUT2D eigenvalue weighted by Gasteiger charge is 2.30. The van der Waals surface area contributed by atoms with Gasteiger partial charge in [0.2, 0.25) is 6.79 Å². The number of nitrogens with zero attached hydrogens (tertiary/aromatic N) is 3. The molecule has 1 aromatic heterocycles. The summed E-state index contributed by atoms with van der Waals surface area (Å²) < 4.78 is 19.1. The Hall–Kier alpha value is -2.68. The Morgan fingerprint density at radius 1 is 1.35 bits per heavy atom. The number of nitrogens with one attached hydrogen (secondary N) is 2. The molecule has 0 fully saturated rings. The molecule has 1 amide bonds. The minimum atomic E-state index is -1.23. The summed E-state index contributed by atoms with van der Waals surface area (Å²) in [5.41, 5.74) is 5.59. The quantitative estimate of drug-likeness (QED) is 0.223. The van der Waals surface area contributed by atoms with E-state index in [-0.39, 0.29) is 12.7 Å². The van der Waals surface area contributed by atoms with Gasteiger partial charge in [0, 0.05) is 28.5 Å². The van der Waals surface area contributed by atoms with Crippen molar-refractivity contribution in [3.05, 3.63) is 26.5 Å². The van der Waals surface area contributed by atoms with Gasteiger partial charge in [-0.25, -0.2) is 9.98 Å². The molecule has 2 aromatic rings. The minimum absolute atomic E-state index is 0.207. The van der Waals surface area contributed by atoms with Gasteiger partial charge in [0.15, 0.2) is 27.7 Å².